The van der Waals surface area contributed by atoms with E-state index in [1.54, 1.807) is 17.7 Å². The van der Waals surface area contributed by atoms with E-state index in [2.05, 4.69) is 37.7 Å². The summed E-state index contributed by atoms with van der Waals surface area (Å²) in [6, 6.07) is 10.2. The molecule has 0 saturated heterocycles. The molecule has 0 spiro atoms. The van der Waals surface area contributed by atoms with Crippen LogP contribution in [0.15, 0.2) is 52.2 Å². The van der Waals surface area contributed by atoms with Crippen LogP contribution >= 0.6 is 23.1 Å². The van der Waals surface area contributed by atoms with Gasteiger partial charge >= 0.3 is 0 Å². The van der Waals surface area contributed by atoms with Crippen molar-refractivity contribution >= 4 is 39.2 Å². The van der Waals surface area contributed by atoms with Gasteiger partial charge in [0.25, 0.3) is 0 Å². The average Bonchev–Trinajstić information content (AvgIpc) is 3.26. The monoisotopic (exact) mass is 396 g/mol. The minimum Gasteiger partial charge on any atom is -0.370 e. The van der Waals surface area contributed by atoms with Crippen molar-refractivity contribution in [2.24, 2.45) is 12.8 Å². The van der Waals surface area contributed by atoms with Gasteiger partial charge in [-0.3, -0.25) is 4.79 Å². The molecule has 0 aliphatic carbocycles. The highest BCUT2D eigenvalue weighted by atomic mass is 32.2. The maximum absolute atomic E-state index is 11.0. The van der Waals surface area contributed by atoms with Crippen LogP contribution in [0, 0.1) is 0 Å². The van der Waals surface area contributed by atoms with E-state index in [4.69, 9.17) is 5.73 Å². The maximum atomic E-state index is 11.0. The van der Waals surface area contributed by atoms with Crippen LogP contribution in [0.25, 0.3) is 21.3 Å². The van der Waals surface area contributed by atoms with Gasteiger partial charge in [-0.25, -0.2) is 9.97 Å². The molecule has 0 unspecified atom stereocenters. The van der Waals surface area contributed by atoms with Gasteiger partial charge in [-0.2, -0.15) is 0 Å². The smallest absolute Gasteiger partial charge is 0.217 e. The molecule has 0 aliphatic rings. The molecular weight excluding hydrogens is 380 g/mol. The first kappa shape index (κ1) is 17.6. The summed E-state index contributed by atoms with van der Waals surface area (Å²) in [4.78, 5) is 20.8. The zero-order valence-electron chi connectivity index (χ0n) is 14.5. The van der Waals surface area contributed by atoms with E-state index in [1.807, 2.05) is 29.8 Å². The molecule has 4 aromatic rings. The predicted octanol–water partition coefficient (Wildman–Crippen LogP) is 3.06. The third-order valence-electron chi connectivity index (χ3n) is 4.13. The first-order chi connectivity index (χ1) is 13.1. The van der Waals surface area contributed by atoms with Crippen LogP contribution in [-0.2, 0) is 18.3 Å². The van der Waals surface area contributed by atoms with E-state index in [0.717, 1.165) is 32.2 Å². The quantitative estimate of drug-likeness (QED) is 0.503. The number of carbonyl (C=O) groups excluding carboxylic acids is 1. The third-order valence-corrected chi connectivity index (χ3v) is 6.06. The SMILES string of the molecule is Cn1c(CCC(N)=O)nnc1Sc1ncnc2scc(-c3ccccc3)c12. The van der Waals surface area contributed by atoms with Crippen LogP contribution in [-0.4, -0.2) is 30.6 Å². The molecule has 9 heteroatoms. The summed E-state index contributed by atoms with van der Waals surface area (Å²) in [5.74, 6) is 0.366. The molecule has 1 amide bonds. The van der Waals surface area contributed by atoms with Crippen LogP contribution in [0.4, 0.5) is 0 Å². The molecule has 2 N–H and O–H groups in total. The van der Waals surface area contributed by atoms with E-state index in [-0.39, 0.29) is 12.3 Å². The van der Waals surface area contributed by atoms with E-state index in [9.17, 15) is 4.79 Å². The fourth-order valence-corrected chi connectivity index (χ4v) is 4.61. The van der Waals surface area contributed by atoms with Gasteiger partial charge in [-0.1, -0.05) is 30.3 Å². The van der Waals surface area contributed by atoms with E-state index in [0.29, 0.717) is 11.6 Å². The number of benzene rings is 1. The van der Waals surface area contributed by atoms with E-state index >= 15 is 0 Å². The zero-order valence-corrected chi connectivity index (χ0v) is 16.1. The van der Waals surface area contributed by atoms with Gasteiger partial charge in [0.2, 0.25) is 5.91 Å². The minimum absolute atomic E-state index is 0.247. The Morgan fingerprint density at radius 3 is 2.81 bits per heavy atom. The second kappa shape index (κ2) is 7.45. The standard InChI is InChI=1S/C18H16N6OS2/c1-24-14(8-7-13(19)25)22-23-18(24)27-17-15-12(11-5-3-2-4-6-11)9-26-16(15)20-10-21-17/h2-6,9-10H,7-8H2,1H3,(H2,19,25). The number of thiophene rings is 1. The molecule has 0 saturated carbocycles. The maximum Gasteiger partial charge on any atom is 0.217 e. The van der Waals surface area contributed by atoms with Crippen LogP contribution < -0.4 is 5.73 Å². The summed E-state index contributed by atoms with van der Waals surface area (Å²) in [5.41, 5.74) is 7.46. The Labute approximate surface area is 163 Å². The van der Waals surface area contributed by atoms with Gasteiger partial charge in [-0.05, 0) is 17.3 Å². The number of carbonyl (C=O) groups is 1. The summed E-state index contributed by atoms with van der Waals surface area (Å²) in [7, 11) is 1.88. The van der Waals surface area contributed by atoms with Gasteiger partial charge in [0.1, 0.15) is 22.0 Å². The lowest BCUT2D eigenvalue weighted by molar-refractivity contribution is -0.118. The molecule has 7 nitrogen and oxygen atoms in total. The lowest BCUT2D eigenvalue weighted by Crippen LogP contribution is -2.12. The fraction of sp³-hybridized carbons (Fsp3) is 0.167. The number of amides is 1. The van der Waals surface area contributed by atoms with Crippen molar-refractivity contribution in [1.82, 2.24) is 24.7 Å². The van der Waals surface area contributed by atoms with Crippen LogP contribution in [0.2, 0.25) is 0 Å². The van der Waals surface area contributed by atoms with Gasteiger partial charge in [-0.15, -0.1) is 21.5 Å². The van der Waals surface area contributed by atoms with Crippen LogP contribution in [0.5, 0.6) is 0 Å². The van der Waals surface area contributed by atoms with Crippen molar-refractivity contribution in [2.45, 2.75) is 23.0 Å². The summed E-state index contributed by atoms with van der Waals surface area (Å²) in [6.07, 6.45) is 2.28. The summed E-state index contributed by atoms with van der Waals surface area (Å²) < 4.78 is 1.87. The highest BCUT2D eigenvalue weighted by Gasteiger charge is 2.17. The first-order valence-corrected chi connectivity index (χ1v) is 9.95. The number of fused-ring (bicyclic) bond motifs is 1. The molecule has 1 aromatic carbocycles. The molecule has 0 aliphatic heterocycles. The average molecular weight is 397 g/mol. The van der Waals surface area contributed by atoms with Crippen molar-refractivity contribution in [1.29, 1.82) is 0 Å². The molecule has 0 radical (unpaired) electrons. The molecule has 27 heavy (non-hydrogen) atoms. The Kier molecular flexibility index (Phi) is 4.87. The molecule has 4 rings (SSSR count). The van der Waals surface area contributed by atoms with E-state index in [1.165, 1.54) is 11.8 Å². The number of aromatic nitrogens is 5. The number of primary amides is 1. The highest BCUT2D eigenvalue weighted by Crippen LogP contribution is 2.39. The molecule has 3 aromatic heterocycles. The first-order valence-electron chi connectivity index (χ1n) is 8.25. The van der Waals surface area contributed by atoms with E-state index < -0.39 is 0 Å². The Balaban J connectivity index is 1.71. The second-order valence-electron chi connectivity index (χ2n) is 5.90. The van der Waals surface area contributed by atoms with Crippen molar-refractivity contribution in [2.75, 3.05) is 0 Å². The number of rotatable bonds is 6. The van der Waals surface area contributed by atoms with Crippen molar-refractivity contribution in [3.8, 4) is 11.1 Å². The lowest BCUT2D eigenvalue weighted by Gasteiger charge is -2.05. The van der Waals surface area contributed by atoms with Gasteiger partial charge in [0, 0.05) is 30.8 Å². The zero-order chi connectivity index (χ0) is 18.8. The van der Waals surface area contributed by atoms with Gasteiger partial charge in [0.15, 0.2) is 5.16 Å². The summed E-state index contributed by atoms with van der Waals surface area (Å²) in [5, 5.41) is 13.1. The minimum atomic E-state index is -0.351. The Morgan fingerprint density at radius 2 is 2.04 bits per heavy atom. The topological polar surface area (TPSA) is 99.6 Å². The molecule has 0 fully saturated rings. The largest absolute Gasteiger partial charge is 0.370 e. The van der Waals surface area contributed by atoms with Gasteiger partial charge < -0.3 is 10.3 Å². The van der Waals surface area contributed by atoms with Crippen molar-refractivity contribution < 1.29 is 4.79 Å². The van der Waals surface area contributed by atoms with Crippen LogP contribution in [0.1, 0.15) is 12.2 Å². The highest BCUT2D eigenvalue weighted by molar-refractivity contribution is 7.99. The van der Waals surface area contributed by atoms with Gasteiger partial charge in [0.05, 0.1) is 5.39 Å². The predicted molar refractivity (Wildman–Crippen MR) is 105 cm³/mol. The number of aryl methyl sites for hydroxylation is 1. The van der Waals surface area contributed by atoms with Crippen molar-refractivity contribution in [3.63, 3.8) is 0 Å². The Bertz CT molecular complexity index is 1110. The third kappa shape index (κ3) is 3.56. The molecule has 136 valence electrons. The van der Waals surface area contributed by atoms with Crippen molar-refractivity contribution in [3.05, 3.63) is 47.9 Å². The second-order valence-corrected chi connectivity index (χ2v) is 7.71. The number of hydrogen-bond acceptors (Lipinski definition) is 7. The molecule has 0 bridgehead atoms. The molecule has 0 atom stereocenters. The number of nitrogens with zero attached hydrogens (tertiary/aromatic N) is 5. The number of nitrogens with two attached hydrogens (primary N) is 1. The summed E-state index contributed by atoms with van der Waals surface area (Å²) in [6.45, 7) is 0. The Morgan fingerprint density at radius 1 is 1.22 bits per heavy atom. The Hall–Kier alpha value is -2.78. The summed E-state index contributed by atoms with van der Waals surface area (Å²) >= 11 is 3.04. The van der Waals surface area contributed by atoms with Crippen LogP contribution in [0.3, 0.4) is 0 Å². The number of hydrogen-bond donors (Lipinski definition) is 1. The fourth-order valence-electron chi connectivity index (χ4n) is 2.73. The normalized spacial score (nSPS) is 11.1. The lowest BCUT2D eigenvalue weighted by atomic mass is 10.1. The molecule has 3 heterocycles. The molecular formula is C18H16N6OS2.